The SMILES string of the molecule is CCCCCC(=O)N(C)[C@@H](C)C(=O)O.[Na]. The van der Waals surface area contributed by atoms with Crippen molar-refractivity contribution in [2.24, 2.45) is 0 Å². The molecule has 15 heavy (non-hydrogen) atoms. The zero-order valence-corrected chi connectivity index (χ0v) is 12.1. The van der Waals surface area contributed by atoms with E-state index in [4.69, 9.17) is 5.11 Å². The molecule has 5 heteroatoms. The molecule has 0 aromatic carbocycles. The Kier molecular flexibility index (Phi) is 10.6. The van der Waals surface area contributed by atoms with Gasteiger partial charge in [0.05, 0.1) is 0 Å². The van der Waals surface area contributed by atoms with E-state index in [1.54, 1.807) is 0 Å². The van der Waals surface area contributed by atoms with Crippen LogP contribution in [-0.2, 0) is 9.59 Å². The maximum atomic E-state index is 11.4. The second kappa shape index (κ2) is 9.19. The zero-order valence-electron chi connectivity index (χ0n) is 10.1. The fourth-order valence-corrected chi connectivity index (χ4v) is 1.08. The Morgan fingerprint density at radius 1 is 1.33 bits per heavy atom. The van der Waals surface area contributed by atoms with Crippen molar-refractivity contribution in [2.75, 3.05) is 7.05 Å². The molecule has 0 bridgehead atoms. The van der Waals surface area contributed by atoms with Crippen LogP contribution in [0.1, 0.15) is 39.5 Å². The Morgan fingerprint density at radius 2 is 1.87 bits per heavy atom. The summed E-state index contributed by atoms with van der Waals surface area (Å²) in [6, 6.07) is -0.732. The van der Waals surface area contributed by atoms with Gasteiger partial charge in [-0.2, -0.15) is 0 Å². The van der Waals surface area contributed by atoms with E-state index in [0.29, 0.717) is 6.42 Å². The quantitative estimate of drug-likeness (QED) is 0.543. The third kappa shape index (κ3) is 6.93. The fourth-order valence-electron chi connectivity index (χ4n) is 1.08. The molecular weight excluding hydrogens is 205 g/mol. The monoisotopic (exact) mass is 224 g/mol. The van der Waals surface area contributed by atoms with Crippen LogP contribution in [0.25, 0.3) is 0 Å². The molecule has 0 spiro atoms. The number of rotatable bonds is 6. The predicted molar refractivity (Wildman–Crippen MR) is 59.8 cm³/mol. The van der Waals surface area contributed by atoms with Crippen molar-refractivity contribution in [2.45, 2.75) is 45.6 Å². The first-order chi connectivity index (χ1) is 6.50. The molecule has 1 amide bonds. The third-order valence-corrected chi connectivity index (χ3v) is 2.33. The number of nitrogens with zero attached hydrogens (tertiary/aromatic N) is 1. The average molecular weight is 224 g/mol. The van der Waals surface area contributed by atoms with Crippen LogP contribution in [0.4, 0.5) is 0 Å². The van der Waals surface area contributed by atoms with Gasteiger partial charge < -0.3 is 10.0 Å². The van der Waals surface area contributed by atoms with Gasteiger partial charge in [-0.15, -0.1) is 0 Å². The molecule has 0 fully saturated rings. The van der Waals surface area contributed by atoms with Crippen molar-refractivity contribution in [1.82, 2.24) is 4.90 Å². The number of carbonyl (C=O) groups is 2. The first-order valence-corrected chi connectivity index (χ1v) is 4.99. The molecule has 1 radical (unpaired) electrons. The standard InChI is InChI=1S/C10H19NO3.Na/c1-4-5-6-7-9(12)11(3)8(2)10(13)14;/h8H,4-7H2,1-3H3,(H,13,14);/t8-;/m0./s1. The Labute approximate surface area is 113 Å². The number of likely N-dealkylation sites (N-methyl/N-ethyl adjacent to an activating group) is 1. The van der Waals surface area contributed by atoms with E-state index >= 15 is 0 Å². The Balaban J connectivity index is 0. The molecule has 0 saturated heterocycles. The first kappa shape index (κ1) is 17.3. The maximum Gasteiger partial charge on any atom is 0.326 e. The number of carboxylic acids is 1. The van der Waals surface area contributed by atoms with Gasteiger partial charge in [0.15, 0.2) is 0 Å². The predicted octanol–water partition coefficient (Wildman–Crippen LogP) is 1.12. The molecule has 1 N–H and O–H groups in total. The van der Waals surface area contributed by atoms with Crippen molar-refractivity contribution in [3.05, 3.63) is 0 Å². The van der Waals surface area contributed by atoms with E-state index in [2.05, 4.69) is 6.92 Å². The smallest absolute Gasteiger partial charge is 0.326 e. The molecule has 1 atom stereocenters. The largest absolute Gasteiger partial charge is 0.480 e. The van der Waals surface area contributed by atoms with Crippen LogP contribution in [-0.4, -0.2) is 64.5 Å². The molecular formula is C10H19NNaO3. The van der Waals surface area contributed by atoms with Gasteiger partial charge in [0.2, 0.25) is 5.91 Å². The van der Waals surface area contributed by atoms with Crippen molar-refractivity contribution >= 4 is 41.4 Å². The molecule has 0 aromatic heterocycles. The van der Waals surface area contributed by atoms with Crippen LogP contribution in [0.15, 0.2) is 0 Å². The minimum atomic E-state index is -0.962. The minimum absolute atomic E-state index is 0. The van der Waals surface area contributed by atoms with Gasteiger partial charge in [-0.05, 0) is 13.3 Å². The van der Waals surface area contributed by atoms with Gasteiger partial charge in [0.25, 0.3) is 0 Å². The van der Waals surface area contributed by atoms with Crippen LogP contribution < -0.4 is 0 Å². The average Bonchev–Trinajstić information content (AvgIpc) is 2.15. The van der Waals surface area contributed by atoms with E-state index in [-0.39, 0.29) is 35.5 Å². The second-order valence-corrected chi connectivity index (χ2v) is 3.48. The van der Waals surface area contributed by atoms with Gasteiger partial charge in [0, 0.05) is 43.0 Å². The molecule has 0 aliphatic heterocycles. The van der Waals surface area contributed by atoms with Crippen LogP contribution in [0.3, 0.4) is 0 Å². The molecule has 83 valence electrons. The molecule has 0 unspecified atom stereocenters. The second-order valence-electron chi connectivity index (χ2n) is 3.48. The first-order valence-electron chi connectivity index (χ1n) is 4.99. The van der Waals surface area contributed by atoms with E-state index in [0.717, 1.165) is 19.3 Å². The van der Waals surface area contributed by atoms with E-state index in [1.807, 2.05) is 0 Å². The Morgan fingerprint density at radius 3 is 2.27 bits per heavy atom. The van der Waals surface area contributed by atoms with Gasteiger partial charge in [-0.3, -0.25) is 4.79 Å². The number of aliphatic carboxylic acids is 1. The van der Waals surface area contributed by atoms with E-state index < -0.39 is 12.0 Å². The zero-order chi connectivity index (χ0) is 11.1. The molecule has 0 aliphatic rings. The van der Waals surface area contributed by atoms with Gasteiger partial charge in [0.1, 0.15) is 6.04 Å². The topological polar surface area (TPSA) is 57.6 Å². The van der Waals surface area contributed by atoms with Gasteiger partial charge in [-0.25, -0.2) is 4.79 Å². The van der Waals surface area contributed by atoms with Crippen LogP contribution in [0.2, 0.25) is 0 Å². The molecule has 0 saturated carbocycles. The van der Waals surface area contributed by atoms with Crippen LogP contribution in [0.5, 0.6) is 0 Å². The van der Waals surface area contributed by atoms with Crippen LogP contribution >= 0.6 is 0 Å². The summed E-state index contributed by atoms with van der Waals surface area (Å²) in [5.74, 6) is -1.05. The van der Waals surface area contributed by atoms with E-state index in [9.17, 15) is 9.59 Å². The summed E-state index contributed by atoms with van der Waals surface area (Å²) in [7, 11) is 1.53. The number of unbranched alkanes of at least 4 members (excludes halogenated alkanes) is 2. The summed E-state index contributed by atoms with van der Waals surface area (Å²) >= 11 is 0. The Hall–Kier alpha value is -0.0600. The molecule has 4 nitrogen and oxygen atoms in total. The normalized spacial score (nSPS) is 11.4. The summed E-state index contributed by atoms with van der Waals surface area (Å²) in [6.45, 7) is 3.58. The molecule has 0 aliphatic carbocycles. The number of amides is 1. The minimum Gasteiger partial charge on any atom is -0.480 e. The third-order valence-electron chi connectivity index (χ3n) is 2.33. The molecule has 0 heterocycles. The van der Waals surface area contributed by atoms with Gasteiger partial charge in [-0.1, -0.05) is 19.8 Å². The summed E-state index contributed by atoms with van der Waals surface area (Å²) in [6.07, 6.45) is 3.36. The summed E-state index contributed by atoms with van der Waals surface area (Å²) in [5.41, 5.74) is 0. The summed E-state index contributed by atoms with van der Waals surface area (Å²) in [5, 5.41) is 8.68. The summed E-state index contributed by atoms with van der Waals surface area (Å²) < 4.78 is 0. The number of hydrogen-bond acceptors (Lipinski definition) is 2. The number of carboxylic acid groups (broad SMARTS) is 1. The van der Waals surface area contributed by atoms with Crippen molar-refractivity contribution in [3.63, 3.8) is 0 Å². The number of hydrogen-bond donors (Lipinski definition) is 1. The molecule has 0 rings (SSSR count). The molecule has 0 aromatic rings. The number of carbonyl (C=O) groups excluding carboxylic acids is 1. The summed E-state index contributed by atoms with van der Waals surface area (Å²) in [4.78, 5) is 23.3. The fraction of sp³-hybridized carbons (Fsp3) is 0.800. The Bertz CT molecular complexity index is 209. The van der Waals surface area contributed by atoms with Crippen molar-refractivity contribution < 1.29 is 14.7 Å². The maximum absolute atomic E-state index is 11.4. The van der Waals surface area contributed by atoms with Crippen molar-refractivity contribution in [1.29, 1.82) is 0 Å². The van der Waals surface area contributed by atoms with Gasteiger partial charge >= 0.3 is 5.97 Å². The van der Waals surface area contributed by atoms with Crippen molar-refractivity contribution in [3.8, 4) is 0 Å². The van der Waals surface area contributed by atoms with Crippen LogP contribution in [0, 0.1) is 0 Å². The van der Waals surface area contributed by atoms with E-state index in [1.165, 1.54) is 18.9 Å².